The Hall–Kier alpha value is -1.15. The van der Waals surface area contributed by atoms with Crippen LogP contribution in [0.1, 0.15) is 30.9 Å². The Kier molecular flexibility index (Phi) is 2.61. The van der Waals surface area contributed by atoms with Gasteiger partial charge in [-0.2, -0.15) is 0 Å². The van der Waals surface area contributed by atoms with Crippen molar-refractivity contribution in [3.8, 4) is 0 Å². The third-order valence-electron chi connectivity index (χ3n) is 3.18. The summed E-state index contributed by atoms with van der Waals surface area (Å²) < 4.78 is 0. The second-order valence-corrected chi connectivity index (χ2v) is 4.47. The first-order valence-electron chi connectivity index (χ1n) is 5.37. The van der Waals surface area contributed by atoms with Crippen LogP contribution in [0.25, 0.3) is 0 Å². The normalized spacial score (nSPS) is 17.5. The van der Waals surface area contributed by atoms with E-state index >= 15 is 0 Å². The lowest BCUT2D eigenvalue weighted by molar-refractivity contribution is -0.116. The number of hydrogen-bond donors (Lipinski definition) is 1. The van der Waals surface area contributed by atoms with Gasteiger partial charge in [0.25, 0.3) is 0 Å². The molecule has 0 spiro atoms. The van der Waals surface area contributed by atoms with Crippen LogP contribution in [0.2, 0.25) is 0 Å². The highest BCUT2D eigenvalue weighted by Crippen LogP contribution is 2.48. The Bertz CT molecular complexity index is 378. The number of ketones is 1. The predicted octanol–water partition coefficient (Wildman–Crippen LogP) is 1.84. The topological polar surface area (TPSA) is 37.3 Å². The van der Waals surface area contributed by atoms with Crippen molar-refractivity contribution in [1.82, 2.24) is 0 Å². The van der Waals surface area contributed by atoms with Crippen molar-refractivity contribution in [1.29, 1.82) is 0 Å². The highest BCUT2D eigenvalue weighted by Gasteiger charge is 2.44. The maximum Gasteiger partial charge on any atom is 0.134 e. The Labute approximate surface area is 89.9 Å². The first-order valence-corrected chi connectivity index (χ1v) is 5.37. The van der Waals surface area contributed by atoms with Crippen LogP contribution in [0.5, 0.6) is 0 Å². The number of rotatable bonds is 4. The van der Waals surface area contributed by atoms with Gasteiger partial charge in [0, 0.05) is 11.8 Å². The van der Waals surface area contributed by atoms with Gasteiger partial charge >= 0.3 is 0 Å². The van der Waals surface area contributed by atoms with E-state index in [1.54, 1.807) is 6.92 Å². The lowest BCUT2D eigenvalue weighted by atomic mass is 9.90. The monoisotopic (exact) mass is 204 g/mol. The first-order chi connectivity index (χ1) is 7.18. The summed E-state index contributed by atoms with van der Waals surface area (Å²) >= 11 is 0. The summed E-state index contributed by atoms with van der Waals surface area (Å²) in [5, 5.41) is 9.38. The first kappa shape index (κ1) is 10.4. The van der Waals surface area contributed by atoms with E-state index in [1.807, 2.05) is 24.3 Å². The summed E-state index contributed by atoms with van der Waals surface area (Å²) in [5.41, 5.74) is 2.21. The minimum absolute atomic E-state index is 0.0357. The number of Topliss-reactive ketones (excluding diaryl/α,β-unsaturated/α-hetero) is 1. The molecule has 1 N–H and O–H groups in total. The lowest BCUT2D eigenvalue weighted by Gasteiger charge is -2.16. The highest BCUT2D eigenvalue weighted by molar-refractivity contribution is 5.78. The molecule has 0 radical (unpaired) electrons. The van der Waals surface area contributed by atoms with Crippen LogP contribution in [0.3, 0.4) is 0 Å². The summed E-state index contributed by atoms with van der Waals surface area (Å²) in [4.78, 5) is 11.1. The zero-order valence-electron chi connectivity index (χ0n) is 8.99. The number of carbonyl (C=O) groups excluding carboxylic acids is 1. The zero-order chi connectivity index (χ0) is 10.9. The molecule has 0 bridgehead atoms. The molecule has 2 heteroatoms. The molecular weight excluding hydrogens is 188 g/mol. The third kappa shape index (κ3) is 1.95. The summed E-state index contributed by atoms with van der Waals surface area (Å²) in [7, 11) is 0. The molecule has 1 aliphatic carbocycles. The van der Waals surface area contributed by atoms with E-state index in [1.165, 1.54) is 5.56 Å². The predicted molar refractivity (Wildman–Crippen MR) is 58.8 cm³/mol. The van der Waals surface area contributed by atoms with Crippen LogP contribution in [-0.4, -0.2) is 17.5 Å². The molecule has 0 aliphatic heterocycles. The van der Waals surface area contributed by atoms with Gasteiger partial charge in [-0.25, -0.2) is 0 Å². The Balaban J connectivity index is 2.34. The number of aliphatic hydroxyl groups is 1. The van der Waals surface area contributed by atoms with Gasteiger partial charge in [-0.3, -0.25) is 4.79 Å². The maximum absolute atomic E-state index is 11.1. The van der Waals surface area contributed by atoms with Crippen molar-refractivity contribution in [2.45, 2.75) is 31.6 Å². The molecule has 80 valence electrons. The quantitative estimate of drug-likeness (QED) is 0.812. The molecule has 1 aliphatic rings. The summed E-state index contributed by atoms with van der Waals surface area (Å²) in [6.07, 6.45) is 2.56. The minimum atomic E-state index is -0.0357. The van der Waals surface area contributed by atoms with Crippen LogP contribution in [-0.2, 0) is 16.6 Å². The van der Waals surface area contributed by atoms with Crippen molar-refractivity contribution < 1.29 is 9.90 Å². The van der Waals surface area contributed by atoms with Crippen LogP contribution in [0.15, 0.2) is 24.3 Å². The summed E-state index contributed by atoms with van der Waals surface area (Å²) in [6, 6.07) is 7.97. The van der Waals surface area contributed by atoms with Crippen molar-refractivity contribution in [2.75, 3.05) is 6.61 Å². The van der Waals surface area contributed by atoms with Crippen LogP contribution in [0.4, 0.5) is 0 Å². The summed E-state index contributed by atoms with van der Waals surface area (Å²) in [6.45, 7) is 1.80. The molecule has 15 heavy (non-hydrogen) atoms. The number of benzene rings is 1. The van der Waals surface area contributed by atoms with Gasteiger partial charge in [0.1, 0.15) is 5.78 Å². The molecule has 0 atom stereocenters. The largest absolute Gasteiger partial charge is 0.395 e. The molecular formula is C13H16O2. The van der Waals surface area contributed by atoms with Gasteiger partial charge < -0.3 is 5.11 Å². The Morgan fingerprint density at radius 2 is 2.07 bits per heavy atom. The van der Waals surface area contributed by atoms with Crippen molar-refractivity contribution in [3.05, 3.63) is 35.4 Å². The zero-order valence-corrected chi connectivity index (χ0v) is 8.99. The number of hydrogen-bond acceptors (Lipinski definition) is 2. The van der Waals surface area contributed by atoms with Gasteiger partial charge in [0.05, 0.1) is 6.61 Å². The molecule has 0 saturated heterocycles. The molecule has 1 aromatic rings. The van der Waals surface area contributed by atoms with E-state index in [9.17, 15) is 9.90 Å². The number of carbonyl (C=O) groups is 1. The highest BCUT2D eigenvalue weighted by atomic mass is 16.3. The SMILES string of the molecule is CC(=O)Cc1ccccc1C1(CO)CC1. The molecule has 1 aromatic carbocycles. The fraction of sp³-hybridized carbons (Fsp3) is 0.462. The van der Waals surface area contributed by atoms with Crippen LogP contribution < -0.4 is 0 Å². The summed E-state index contributed by atoms with van der Waals surface area (Å²) in [5.74, 6) is 0.177. The maximum atomic E-state index is 11.1. The minimum Gasteiger partial charge on any atom is -0.395 e. The van der Waals surface area contributed by atoms with Gasteiger partial charge in [-0.15, -0.1) is 0 Å². The van der Waals surface area contributed by atoms with E-state index in [4.69, 9.17) is 0 Å². The van der Waals surface area contributed by atoms with E-state index in [2.05, 4.69) is 0 Å². The number of aliphatic hydroxyl groups excluding tert-OH is 1. The smallest absolute Gasteiger partial charge is 0.134 e. The van der Waals surface area contributed by atoms with Crippen molar-refractivity contribution >= 4 is 5.78 Å². The second-order valence-electron chi connectivity index (χ2n) is 4.47. The molecule has 2 rings (SSSR count). The fourth-order valence-corrected chi connectivity index (χ4v) is 2.12. The molecule has 2 nitrogen and oxygen atoms in total. The molecule has 0 aromatic heterocycles. The van der Waals surface area contributed by atoms with Gasteiger partial charge in [-0.05, 0) is 30.9 Å². The van der Waals surface area contributed by atoms with E-state index in [0.717, 1.165) is 18.4 Å². The van der Waals surface area contributed by atoms with Gasteiger partial charge in [-0.1, -0.05) is 24.3 Å². The Morgan fingerprint density at radius 1 is 1.40 bits per heavy atom. The lowest BCUT2D eigenvalue weighted by Crippen LogP contribution is -2.15. The second kappa shape index (κ2) is 3.78. The molecule has 1 fully saturated rings. The standard InChI is InChI=1S/C13H16O2/c1-10(15)8-11-4-2-3-5-12(11)13(9-14)6-7-13/h2-5,14H,6-9H2,1H3. The van der Waals surface area contributed by atoms with Gasteiger partial charge in [0.15, 0.2) is 0 Å². The van der Waals surface area contributed by atoms with Gasteiger partial charge in [0.2, 0.25) is 0 Å². The van der Waals surface area contributed by atoms with Crippen molar-refractivity contribution in [3.63, 3.8) is 0 Å². The average Bonchev–Trinajstić information content (AvgIpc) is 2.98. The van der Waals surface area contributed by atoms with Crippen LogP contribution in [0, 0.1) is 0 Å². The molecule has 0 heterocycles. The third-order valence-corrected chi connectivity index (χ3v) is 3.18. The van der Waals surface area contributed by atoms with E-state index in [-0.39, 0.29) is 17.8 Å². The molecule has 0 amide bonds. The molecule has 0 unspecified atom stereocenters. The van der Waals surface area contributed by atoms with E-state index < -0.39 is 0 Å². The van der Waals surface area contributed by atoms with Crippen LogP contribution >= 0.6 is 0 Å². The average molecular weight is 204 g/mol. The molecule has 1 saturated carbocycles. The Morgan fingerprint density at radius 3 is 2.60 bits per heavy atom. The fourth-order valence-electron chi connectivity index (χ4n) is 2.12. The van der Waals surface area contributed by atoms with Crippen molar-refractivity contribution in [2.24, 2.45) is 0 Å². The van der Waals surface area contributed by atoms with E-state index in [0.29, 0.717) is 6.42 Å².